The van der Waals surface area contributed by atoms with Crippen LogP contribution >= 0.6 is 0 Å². The van der Waals surface area contributed by atoms with Gasteiger partial charge < -0.3 is 9.47 Å². The smallest absolute Gasteiger partial charge is 0.223 e. The molecule has 0 N–H and O–H groups in total. The minimum Gasteiger partial charge on any atom is -0.347 e. The van der Waals surface area contributed by atoms with E-state index >= 15 is 0 Å². The molecule has 0 saturated carbocycles. The van der Waals surface area contributed by atoms with Gasteiger partial charge in [0.25, 0.3) is 0 Å². The molecular weight excluding hydrogens is 360 g/mol. The molecule has 3 aromatic rings. The Kier molecular flexibility index (Phi) is 5.52. The standard InChI is InChI=1S/C25H26N2O2/c1-18-25(21-10-6-7-11-22(21)26(18)2)23(28)12-13-24(29)27-16-14-20(15-17-27)19-8-4-3-5-9-19/h3-11,14H,12-13,15-17H2,1-2H3. The number of benzene rings is 2. The van der Waals surface area contributed by atoms with Crippen molar-refractivity contribution in [1.29, 1.82) is 0 Å². The average molecular weight is 386 g/mol. The Morgan fingerprint density at radius 1 is 0.966 bits per heavy atom. The molecule has 0 bridgehead atoms. The zero-order valence-corrected chi connectivity index (χ0v) is 17.0. The van der Waals surface area contributed by atoms with Crippen molar-refractivity contribution in [3.05, 3.63) is 83.8 Å². The summed E-state index contributed by atoms with van der Waals surface area (Å²) >= 11 is 0. The van der Waals surface area contributed by atoms with Gasteiger partial charge in [-0.05, 0) is 31.4 Å². The molecule has 1 amide bonds. The monoisotopic (exact) mass is 386 g/mol. The molecular formula is C25H26N2O2. The highest BCUT2D eigenvalue weighted by molar-refractivity contribution is 6.10. The lowest BCUT2D eigenvalue weighted by Gasteiger charge is -2.31. The van der Waals surface area contributed by atoms with E-state index in [1.54, 1.807) is 0 Å². The van der Waals surface area contributed by atoms with E-state index in [1.165, 1.54) is 11.5 Å². The number of hydrogen-bond donors (Lipinski definition) is 0. The first-order valence-corrected chi connectivity index (χ1v) is 10.2. The van der Waals surface area contributed by atoms with Gasteiger partial charge in [-0.1, -0.05) is 48.5 Å². The van der Waals surface area contributed by atoms with E-state index in [0.29, 0.717) is 13.1 Å². The van der Waals surface area contributed by atoms with Crippen LogP contribution in [0.3, 0.4) is 0 Å². The van der Waals surface area contributed by atoms with E-state index < -0.39 is 0 Å². The van der Waals surface area contributed by atoms with E-state index in [-0.39, 0.29) is 24.5 Å². The molecule has 0 atom stereocenters. The van der Waals surface area contributed by atoms with Crippen LogP contribution in [0, 0.1) is 19.3 Å². The number of fused-ring (bicyclic) bond motifs is 1. The lowest BCUT2D eigenvalue weighted by atomic mass is 9.89. The number of hydrogen-bond acceptors (Lipinski definition) is 2. The van der Waals surface area contributed by atoms with E-state index in [9.17, 15) is 9.59 Å². The van der Waals surface area contributed by atoms with Crippen molar-refractivity contribution in [3.63, 3.8) is 0 Å². The van der Waals surface area contributed by atoms with Crippen LogP contribution in [0.2, 0.25) is 0 Å². The van der Waals surface area contributed by atoms with Gasteiger partial charge in [0.15, 0.2) is 5.78 Å². The molecule has 2 aromatic carbocycles. The first-order valence-electron chi connectivity index (χ1n) is 10.2. The molecule has 1 saturated heterocycles. The molecule has 2 heterocycles. The number of likely N-dealkylation sites (tertiary alicyclic amines) is 1. The van der Waals surface area contributed by atoms with Crippen molar-refractivity contribution >= 4 is 22.6 Å². The molecule has 1 fully saturated rings. The largest absolute Gasteiger partial charge is 0.347 e. The lowest BCUT2D eigenvalue weighted by molar-refractivity contribution is -0.131. The summed E-state index contributed by atoms with van der Waals surface area (Å²) in [4.78, 5) is 27.4. The number of piperidine rings is 1. The van der Waals surface area contributed by atoms with E-state index in [2.05, 4.69) is 18.6 Å². The summed E-state index contributed by atoms with van der Waals surface area (Å²) in [6, 6.07) is 18.2. The fourth-order valence-electron chi connectivity index (χ4n) is 4.19. The number of nitrogens with zero attached hydrogens (tertiary/aromatic N) is 2. The van der Waals surface area contributed by atoms with Gasteiger partial charge in [0.1, 0.15) is 0 Å². The second-order valence-electron chi connectivity index (χ2n) is 7.64. The number of carbonyl (C=O) groups is 2. The van der Waals surface area contributed by atoms with Crippen LogP contribution in [0.15, 0.2) is 54.6 Å². The van der Waals surface area contributed by atoms with E-state index in [4.69, 9.17) is 0 Å². The molecule has 1 aromatic heterocycles. The Bertz CT molecular complexity index is 1030. The van der Waals surface area contributed by atoms with Crippen LogP contribution in [0.4, 0.5) is 0 Å². The van der Waals surface area contributed by atoms with Crippen LogP contribution in [0.25, 0.3) is 10.9 Å². The Morgan fingerprint density at radius 2 is 1.69 bits per heavy atom. The Morgan fingerprint density at radius 3 is 2.41 bits per heavy atom. The number of aryl methyl sites for hydroxylation is 1. The van der Waals surface area contributed by atoms with Gasteiger partial charge in [-0.3, -0.25) is 9.59 Å². The van der Waals surface area contributed by atoms with Crippen molar-refractivity contribution in [3.8, 4) is 0 Å². The van der Waals surface area contributed by atoms with Crippen molar-refractivity contribution < 1.29 is 9.59 Å². The van der Waals surface area contributed by atoms with Gasteiger partial charge in [0, 0.05) is 61.1 Å². The van der Waals surface area contributed by atoms with Gasteiger partial charge in [-0.25, -0.2) is 0 Å². The van der Waals surface area contributed by atoms with Crippen LogP contribution in [-0.4, -0.2) is 34.2 Å². The molecule has 1 aliphatic rings. The van der Waals surface area contributed by atoms with Gasteiger partial charge >= 0.3 is 0 Å². The van der Waals surface area contributed by atoms with Crippen LogP contribution in [0.1, 0.15) is 40.9 Å². The third-order valence-electron chi connectivity index (χ3n) is 5.95. The molecule has 29 heavy (non-hydrogen) atoms. The molecule has 148 valence electrons. The maximum Gasteiger partial charge on any atom is 0.223 e. The second kappa shape index (κ2) is 8.24. The van der Waals surface area contributed by atoms with Crippen molar-refractivity contribution in [1.82, 2.24) is 9.47 Å². The zero-order chi connectivity index (χ0) is 20.4. The summed E-state index contributed by atoms with van der Waals surface area (Å²) in [5, 5.41) is 0.971. The number of carbonyl (C=O) groups excluding carboxylic acids is 2. The summed E-state index contributed by atoms with van der Waals surface area (Å²) in [5.41, 5.74) is 3.98. The van der Waals surface area contributed by atoms with Crippen molar-refractivity contribution in [2.24, 2.45) is 7.05 Å². The average Bonchev–Trinajstić information content (AvgIpc) is 3.03. The molecule has 4 heteroatoms. The maximum atomic E-state index is 12.9. The fraction of sp³-hybridized carbons (Fsp3) is 0.280. The SMILES string of the molecule is Cc1c(C(=O)CCC(=O)N2C[CH][C](c3ccccc3)CC2)c2ccccc2n1C. The summed E-state index contributed by atoms with van der Waals surface area (Å²) < 4.78 is 2.05. The quantitative estimate of drug-likeness (QED) is 0.606. The highest BCUT2D eigenvalue weighted by Gasteiger charge is 2.25. The lowest BCUT2D eigenvalue weighted by Crippen LogP contribution is -2.38. The molecule has 0 spiro atoms. The number of aromatic nitrogens is 1. The predicted molar refractivity (Wildman–Crippen MR) is 116 cm³/mol. The minimum atomic E-state index is 0.0465. The number of ketones is 1. The highest BCUT2D eigenvalue weighted by atomic mass is 16.2. The van der Waals surface area contributed by atoms with Gasteiger partial charge in [-0.15, -0.1) is 0 Å². The molecule has 4 rings (SSSR count). The van der Waals surface area contributed by atoms with Gasteiger partial charge in [0.05, 0.1) is 0 Å². The molecule has 4 nitrogen and oxygen atoms in total. The maximum absolute atomic E-state index is 12.9. The topological polar surface area (TPSA) is 42.3 Å². The Labute approximate surface area is 172 Å². The third-order valence-corrected chi connectivity index (χ3v) is 5.95. The van der Waals surface area contributed by atoms with Gasteiger partial charge in [-0.2, -0.15) is 0 Å². The molecule has 1 aliphatic heterocycles. The summed E-state index contributed by atoms with van der Waals surface area (Å²) in [6.07, 6.45) is 3.50. The predicted octanol–water partition coefficient (Wildman–Crippen LogP) is 4.51. The van der Waals surface area contributed by atoms with E-state index in [1.807, 2.05) is 65.9 Å². The number of rotatable bonds is 5. The third kappa shape index (κ3) is 3.84. The number of para-hydroxylation sites is 1. The first-order chi connectivity index (χ1) is 14.1. The summed E-state index contributed by atoms with van der Waals surface area (Å²) in [6.45, 7) is 3.29. The zero-order valence-electron chi connectivity index (χ0n) is 17.0. The van der Waals surface area contributed by atoms with Crippen LogP contribution in [0.5, 0.6) is 0 Å². The van der Waals surface area contributed by atoms with Crippen molar-refractivity contribution in [2.75, 3.05) is 13.1 Å². The number of amides is 1. The van der Waals surface area contributed by atoms with Crippen LogP contribution < -0.4 is 0 Å². The van der Waals surface area contributed by atoms with E-state index in [0.717, 1.165) is 28.6 Å². The van der Waals surface area contributed by atoms with Crippen molar-refractivity contribution in [2.45, 2.75) is 26.2 Å². The highest BCUT2D eigenvalue weighted by Crippen LogP contribution is 2.28. The molecule has 0 unspecified atom stereocenters. The summed E-state index contributed by atoms with van der Waals surface area (Å²) in [5.74, 6) is 1.39. The second-order valence-corrected chi connectivity index (χ2v) is 7.64. The Hall–Kier alpha value is -2.88. The summed E-state index contributed by atoms with van der Waals surface area (Å²) in [7, 11) is 1.98. The Balaban J connectivity index is 1.36. The fourth-order valence-corrected chi connectivity index (χ4v) is 4.19. The first kappa shape index (κ1) is 19.4. The van der Waals surface area contributed by atoms with Gasteiger partial charge in [0.2, 0.25) is 5.91 Å². The molecule has 0 aliphatic carbocycles. The normalized spacial score (nSPS) is 15.0. The minimum absolute atomic E-state index is 0.0465. The number of Topliss-reactive ketones (excluding diaryl/α,β-unsaturated/α-hetero) is 1. The molecule has 2 radical (unpaired) electrons. The van der Waals surface area contributed by atoms with Crippen LogP contribution in [-0.2, 0) is 11.8 Å².